The summed E-state index contributed by atoms with van der Waals surface area (Å²) in [6, 6.07) is 34.9. The second-order valence-electron chi connectivity index (χ2n) is 17.4. The molecule has 0 aliphatic carbocycles. The number of para-hydroxylation sites is 1. The Balaban J connectivity index is 1.54. The van der Waals surface area contributed by atoms with Crippen molar-refractivity contribution in [2.75, 3.05) is 0 Å². The Morgan fingerprint density at radius 3 is 1.70 bits per heavy atom. The van der Waals surface area contributed by atoms with Gasteiger partial charge in [0.1, 0.15) is 11.2 Å². The molecule has 9 aromatic rings. The molecule has 250 valence electrons. The summed E-state index contributed by atoms with van der Waals surface area (Å²) in [4.78, 5) is 0. The van der Waals surface area contributed by atoms with Gasteiger partial charge in [0.2, 0.25) is 0 Å². The van der Waals surface area contributed by atoms with Gasteiger partial charge in [-0.25, -0.2) is 0 Å². The summed E-state index contributed by atoms with van der Waals surface area (Å²) in [7, 11) is 0. The summed E-state index contributed by atoms with van der Waals surface area (Å²) in [5, 5.41) is 13.0. The van der Waals surface area contributed by atoms with Gasteiger partial charge < -0.3 is 8.98 Å². The van der Waals surface area contributed by atoms with Crippen LogP contribution in [0.2, 0.25) is 0 Å². The Hall–Kier alpha value is -4.82. The molecule has 0 aliphatic rings. The molecule has 0 bridgehead atoms. The highest BCUT2D eigenvalue weighted by Crippen LogP contribution is 2.50. The first-order valence-electron chi connectivity index (χ1n) is 18.4. The Bertz CT molecular complexity index is 2810. The zero-order chi connectivity index (χ0) is 35.0. The SMILES string of the molecule is CC(C)c1cc2c3c(cc4c2c2ccc(C(C)(C)C)cc2n4-c2ccccc2)c(C(C)C)cc2c4oc5cc(C(C)(C)C)ccc5c4cc1c23. The number of hydrogen-bond donors (Lipinski definition) is 0. The fourth-order valence-corrected chi connectivity index (χ4v) is 8.63. The van der Waals surface area contributed by atoms with E-state index in [1.807, 2.05) is 0 Å². The molecule has 9 rings (SSSR count). The van der Waals surface area contributed by atoms with Crippen LogP contribution in [-0.2, 0) is 10.8 Å². The van der Waals surface area contributed by atoms with E-state index >= 15 is 0 Å². The topological polar surface area (TPSA) is 18.1 Å². The van der Waals surface area contributed by atoms with Crippen LogP contribution >= 0.6 is 0 Å². The molecule has 0 spiro atoms. The minimum Gasteiger partial charge on any atom is -0.455 e. The summed E-state index contributed by atoms with van der Waals surface area (Å²) in [6.07, 6.45) is 0. The Morgan fingerprint density at radius 2 is 1.06 bits per heavy atom. The molecule has 0 amide bonds. The van der Waals surface area contributed by atoms with Crippen LogP contribution in [0, 0.1) is 0 Å². The molecule has 2 aromatic heterocycles. The highest BCUT2D eigenvalue weighted by molar-refractivity contribution is 6.37. The fraction of sp³-hybridized carbons (Fsp3) is 0.292. The van der Waals surface area contributed by atoms with E-state index in [-0.39, 0.29) is 10.8 Å². The average Bonchev–Trinajstić information content (AvgIpc) is 3.60. The van der Waals surface area contributed by atoms with Gasteiger partial charge in [-0.15, -0.1) is 0 Å². The van der Waals surface area contributed by atoms with Gasteiger partial charge in [0, 0.05) is 38.0 Å². The molecule has 0 atom stereocenters. The second-order valence-corrected chi connectivity index (χ2v) is 17.4. The third-order valence-corrected chi connectivity index (χ3v) is 11.4. The molecule has 0 aliphatic heterocycles. The molecule has 0 unspecified atom stereocenters. The number of hydrogen-bond acceptors (Lipinski definition) is 1. The van der Waals surface area contributed by atoms with Crippen molar-refractivity contribution in [2.24, 2.45) is 0 Å². The number of furan rings is 1. The van der Waals surface area contributed by atoms with Crippen molar-refractivity contribution in [1.82, 2.24) is 4.57 Å². The molecule has 0 radical (unpaired) electrons. The maximum Gasteiger partial charge on any atom is 0.143 e. The largest absolute Gasteiger partial charge is 0.455 e. The lowest BCUT2D eigenvalue weighted by molar-refractivity contribution is 0.588. The van der Waals surface area contributed by atoms with Crippen LogP contribution in [0.4, 0.5) is 0 Å². The van der Waals surface area contributed by atoms with Gasteiger partial charge in [-0.2, -0.15) is 0 Å². The predicted octanol–water partition coefficient (Wildman–Crippen LogP) is 14.4. The third kappa shape index (κ3) is 4.33. The summed E-state index contributed by atoms with van der Waals surface area (Å²) < 4.78 is 9.45. The first kappa shape index (κ1) is 31.2. The molecular formula is C48H47NO. The van der Waals surface area contributed by atoms with E-state index in [4.69, 9.17) is 4.42 Å². The van der Waals surface area contributed by atoms with Gasteiger partial charge in [-0.05, 0) is 115 Å². The van der Waals surface area contributed by atoms with E-state index in [2.05, 4.69) is 165 Å². The lowest BCUT2D eigenvalue weighted by Gasteiger charge is -2.21. The maximum absolute atomic E-state index is 6.94. The minimum absolute atomic E-state index is 0.0391. The predicted molar refractivity (Wildman–Crippen MR) is 217 cm³/mol. The number of fused-ring (bicyclic) bond motifs is 8. The summed E-state index contributed by atoms with van der Waals surface area (Å²) in [5.41, 5.74) is 11.2. The zero-order valence-electron chi connectivity index (χ0n) is 31.2. The lowest BCUT2D eigenvalue weighted by atomic mass is 9.82. The number of rotatable bonds is 3. The molecule has 50 heavy (non-hydrogen) atoms. The highest BCUT2D eigenvalue weighted by atomic mass is 16.3. The van der Waals surface area contributed by atoms with Crippen molar-refractivity contribution in [1.29, 1.82) is 0 Å². The zero-order valence-corrected chi connectivity index (χ0v) is 31.2. The van der Waals surface area contributed by atoms with Crippen molar-refractivity contribution in [3.63, 3.8) is 0 Å². The number of aromatic nitrogens is 1. The fourth-order valence-electron chi connectivity index (χ4n) is 8.63. The van der Waals surface area contributed by atoms with Gasteiger partial charge in [0.05, 0.1) is 11.0 Å². The number of benzene rings is 7. The Morgan fingerprint density at radius 1 is 0.480 bits per heavy atom. The first-order valence-corrected chi connectivity index (χ1v) is 18.4. The summed E-state index contributed by atoms with van der Waals surface area (Å²) in [6.45, 7) is 23.1. The van der Waals surface area contributed by atoms with Crippen molar-refractivity contribution in [3.05, 3.63) is 113 Å². The van der Waals surface area contributed by atoms with E-state index in [9.17, 15) is 0 Å². The van der Waals surface area contributed by atoms with Crippen LogP contribution in [0.5, 0.6) is 0 Å². The highest BCUT2D eigenvalue weighted by Gasteiger charge is 2.27. The third-order valence-electron chi connectivity index (χ3n) is 11.4. The van der Waals surface area contributed by atoms with Gasteiger partial charge >= 0.3 is 0 Å². The van der Waals surface area contributed by atoms with E-state index in [1.165, 1.54) is 92.8 Å². The maximum atomic E-state index is 6.94. The van der Waals surface area contributed by atoms with Crippen molar-refractivity contribution < 1.29 is 4.42 Å². The molecule has 0 N–H and O–H groups in total. The van der Waals surface area contributed by atoms with Gasteiger partial charge in [0.25, 0.3) is 0 Å². The summed E-state index contributed by atoms with van der Waals surface area (Å²) >= 11 is 0. The molecule has 7 aromatic carbocycles. The van der Waals surface area contributed by atoms with Crippen LogP contribution in [0.15, 0.2) is 95.4 Å². The molecule has 2 nitrogen and oxygen atoms in total. The standard InChI is InChI=1S/C48H47NO/c1-26(2)33-22-38-43-32-19-17-28(47(5,6)7)20-40(32)49(30-14-12-11-13-15-30)41(43)25-36-34(27(3)4)23-39-45(44(36)38)35(33)24-37-31-18-16-29(48(8,9)10)21-42(31)50-46(37)39/h11-27H,1-10H3. The van der Waals surface area contributed by atoms with Crippen molar-refractivity contribution in [2.45, 2.75) is 91.9 Å². The average molecular weight is 654 g/mol. The Labute approximate surface area is 295 Å². The molecule has 0 fully saturated rings. The molecule has 2 heterocycles. The smallest absolute Gasteiger partial charge is 0.143 e. The van der Waals surface area contributed by atoms with Crippen LogP contribution in [0.1, 0.15) is 103 Å². The minimum atomic E-state index is 0.0391. The number of nitrogens with zero attached hydrogens (tertiary/aromatic N) is 1. The second kappa shape index (κ2) is 10.4. The molecule has 0 saturated carbocycles. The van der Waals surface area contributed by atoms with Crippen LogP contribution in [-0.4, -0.2) is 4.57 Å². The van der Waals surface area contributed by atoms with Gasteiger partial charge in [-0.1, -0.05) is 112 Å². The monoisotopic (exact) mass is 653 g/mol. The van der Waals surface area contributed by atoms with Gasteiger partial charge in [-0.3, -0.25) is 0 Å². The van der Waals surface area contributed by atoms with E-state index < -0.39 is 0 Å². The molecular weight excluding hydrogens is 607 g/mol. The Kier molecular flexibility index (Phi) is 6.46. The van der Waals surface area contributed by atoms with E-state index in [1.54, 1.807) is 0 Å². The first-order chi connectivity index (χ1) is 23.7. The molecule has 2 heteroatoms. The van der Waals surface area contributed by atoms with E-state index in [0.717, 1.165) is 11.2 Å². The van der Waals surface area contributed by atoms with Gasteiger partial charge in [0.15, 0.2) is 0 Å². The van der Waals surface area contributed by atoms with Crippen LogP contribution in [0.3, 0.4) is 0 Å². The quantitative estimate of drug-likeness (QED) is 0.174. The lowest BCUT2D eigenvalue weighted by Crippen LogP contribution is -2.10. The van der Waals surface area contributed by atoms with Crippen molar-refractivity contribution >= 4 is 76.1 Å². The molecule has 0 saturated heterocycles. The van der Waals surface area contributed by atoms with Crippen LogP contribution in [0.25, 0.3) is 81.7 Å². The van der Waals surface area contributed by atoms with Crippen LogP contribution < -0.4 is 0 Å². The van der Waals surface area contributed by atoms with E-state index in [0.29, 0.717) is 11.8 Å². The summed E-state index contributed by atoms with van der Waals surface area (Å²) in [5.74, 6) is 0.678. The normalized spacial score (nSPS) is 13.4. The van der Waals surface area contributed by atoms with Crippen molar-refractivity contribution in [3.8, 4) is 5.69 Å².